The Morgan fingerprint density at radius 2 is 2.28 bits per heavy atom. The second kappa shape index (κ2) is 6.96. The summed E-state index contributed by atoms with van der Waals surface area (Å²) in [6.07, 6.45) is 3.79. The second-order valence-electron chi connectivity index (χ2n) is 7.35. The van der Waals surface area contributed by atoms with Gasteiger partial charge in [0, 0.05) is 19.1 Å². The predicted molar refractivity (Wildman–Crippen MR) is 93.0 cm³/mol. The summed E-state index contributed by atoms with van der Waals surface area (Å²) in [4.78, 5) is 12.1. The van der Waals surface area contributed by atoms with Crippen molar-refractivity contribution in [1.82, 2.24) is 15.1 Å². The summed E-state index contributed by atoms with van der Waals surface area (Å²) in [6, 6.07) is 6.31. The first-order valence-corrected chi connectivity index (χ1v) is 8.51. The third kappa shape index (κ3) is 3.90. The molecule has 1 heterocycles. The summed E-state index contributed by atoms with van der Waals surface area (Å²) in [5, 5.41) is 7.56. The van der Waals surface area contributed by atoms with Gasteiger partial charge in [0.1, 0.15) is 5.82 Å². The van der Waals surface area contributed by atoms with Gasteiger partial charge in [-0.3, -0.25) is 4.79 Å². The fourth-order valence-corrected chi connectivity index (χ4v) is 3.46. The van der Waals surface area contributed by atoms with Crippen LogP contribution in [0.25, 0.3) is 5.69 Å². The summed E-state index contributed by atoms with van der Waals surface area (Å²) in [5.74, 6) is -0.324. The van der Waals surface area contributed by atoms with Gasteiger partial charge in [0.2, 0.25) is 5.91 Å². The Kier molecular flexibility index (Phi) is 4.90. The molecule has 0 radical (unpaired) electrons. The lowest BCUT2D eigenvalue weighted by Crippen LogP contribution is -2.37. The highest BCUT2D eigenvalue weighted by atomic mass is 19.1. The molecule has 1 aliphatic carbocycles. The number of fused-ring (bicyclic) bond motifs is 1. The van der Waals surface area contributed by atoms with E-state index < -0.39 is 0 Å². The van der Waals surface area contributed by atoms with Crippen molar-refractivity contribution in [3.8, 4) is 5.69 Å². The van der Waals surface area contributed by atoms with Crippen LogP contribution in [-0.2, 0) is 16.0 Å². The van der Waals surface area contributed by atoms with Crippen molar-refractivity contribution in [2.45, 2.75) is 39.2 Å². The molecule has 0 unspecified atom stereocenters. The normalized spacial score (nSPS) is 18.6. The molecule has 1 aromatic carbocycles. The molecule has 0 bridgehead atoms. The number of amides is 1. The van der Waals surface area contributed by atoms with Crippen molar-refractivity contribution in [3.63, 3.8) is 0 Å². The van der Waals surface area contributed by atoms with E-state index in [1.54, 1.807) is 24.1 Å². The smallest absolute Gasteiger partial charge is 0.222 e. The zero-order valence-corrected chi connectivity index (χ0v) is 14.9. The van der Waals surface area contributed by atoms with E-state index in [2.05, 4.69) is 24.3 Å². The van der Waals surface area contributed by atoms with E-state index in [-0.39, 0.29) is 23.2 Å². The molecule has 6 heteroatoms. The molecule has 1 N–H and O–H groups in total. The Labute approximate surface area is 147 Å². The standard InChI is InChI=1S/C19H24FN3O2/c1-19(2)10-16(22-18(24)7-8-25-3)15-12-21-23(17(15)11-19)14-6-4-5-13(20)9-14/h4-6,9,12,16H,7-8,10-11H2,1-3H3,(H,22,24)/t16-/m0/s1. The molecule has 0 spiro atoms. The number of carbonyl (C=O) groups excluding carboxylic acids is 1. The number of rotatable bonds is 5. The number of nitrogens with zero attached hydrogens (tertiary/aromatic N) is 2. The van der Waals surface area contributed by atoms with Gasteiger partial charge in [-0.15, -0.1) is 0 Å². The SMILES string of the molecule is COCCC(=O)N[C@H]1CC(C)(C)Cc2c1cnn2-c1cccc(F)c1. The average molecular weight is 345 g/mol. The maximum absolute atomic E-state index is 13.6. The molecule has 0 aliphatic heterocycles. The molecule has 5 nitrogen and oxygen atoms in total. The molecule has 0 fully saturated rings. The number of benzene rings is 1. The van der Waals surface area contributed by atoms with Crippen LogP contribution >= 0.6 is 0 Å². The van der Waals surface area contributed by atoms with E-state index in [0.717, 1.165) is 24.1 Å². The number of nitrogens with one attached hydrogen (secondary N) is 1. The van der Waals surface area contributed by atoms with Gasteiger partial charge in [-0.2, -0.15) is 5.10 Å². The quantitative estimate of drug-likeness (QED) is 0.905. The molecule has 1 amide bonds. The van der Waals surface area contributed by atoms with E-state index in [0.29, 0.717) is 18.7 Å². The van der Waals surface area contributed by atoms with Crippen LogP contribution in [0.2, 0.25) is 0 Å². The summed E-state index contributed by atoms with van der Waals surface area (Å²) in [6.45, 7) is 4.75. The maximum atomic E-state index is 13.6. The van der Waals surface area contributed by atoms with Crippen molar-refractivity contribution in [3.05, 3.63) is 47.5 Å². The molecular weight excluding hydrogens is 321 g/mol. The van der Waals surface area contributed by atoms with Gasteiger partial charge < -0.3 is 10.1 Å². The molecule has 25 heavy (non-hydrogen) atoms. The predicted octanol–water partition coefficient (Wildman–Crippen LogP) is 3.18. The van der Waals surface area contributed by atoms with Gasteiger partial charge in [-0.1, -0.05) is 19.9 Å². The van der Waals surface area contributed by atoms with Gasteiger partial charge >= 0.3 is 0 Å². The summed E-state index contributed by atoms with van der Waals surface area (Å²) < 4.78 is 20.4. The van der Waals surface area contributed by atoms with Gasteiger partial charge in [0.05, 0.1) is 30.2 Å². The van der Waals surface area contributed by atoms with E-state index in [4.69, 9.17) is 4.74 Å². The van der Waals surface area contributed by atoms with Gasteiger partial charge in [0.25, 0.3) is 0 Å². The summed E-state index contributed by atoms with van der Waals surface area (Å²) in [5.41, 5.74) is 2.74. The van der Waals surface area contributed by atoms with Crippen molar-refractivity contribution >= 4 is 5.91 Å². The first kappa shape index (κ1) is 17.6. The first-order chi connectivity index (χ1) is 11.9. The van der Waals surface area contributed by atoms with E-state index in [9.17, 15) is 9.18 Å². The molecular formula is C19H24FN3O2. The molecule has 2 aromatic rings. The monoisotopic (exact) mass is 345 g/mol. The number of hydrogen-bond acceptors (Lipinski definition) is 3. The first-order valence-electron chi connectivity index (χ1n) is 8.51. The zero-order valence-electron chi connectivity index (χ0n) is 14.9. The fourth-order valence-electron chi connectivity index (χ4n) is 3.46. The third-order valence-electron chi connectivity index (χ3n) is 4.60. The minimum atomic E-state index is -0.291. The van der Waals surface area contributed by atoms with Crippen molar-refractivity contribution in [2.75, 3.05) is 13.7 Å². The van der Waals surface area contributed by atoms with Crippen LogP contribution in [0, 0.1) is 11.2 Å². The number of hydrogen-bond donors (Lipinski definition) is 1. The Morgan fingerprint density at radius 1 is 1.48 bits per heavy atom. The van der Waals surface area contributed by atoms with Crippen LogP contribution in [0.3, 0.4) is 0 Å². The molecule has 134 valence electrons. The zero-order chi connectivity index (χ0) is 18.0. The topological polar surface area (TPSA) is 56.1 Å². The van der Waals surface area contributed by atoms with E-state index in [1.165, 1.54) is 12.1 Å². The van der Waals surface area contributed by atoms with Crippen molar-refractivity contribution in [1.29, 1.82) is 0 Å². The lowest BCUT2D eigenvalue weighted by atomic mass is 9.74. The van der Waals surface area contributed by atoms with E-state index >= 15 is 0 Å². The molecule has 1 aliphatic rings. The van der Waals surface area contributed by atoms with Crippen LogP contribution < -0.4 is 5.32 Å². The maximum Gasteiger partial charge on any atom is 0.222 e. The van der Waals surface area contributed by atoms with Crippen LogP contribution in [0.5, 0.6) is 0 Å². The van der Waals surface area contributed by atoms with Gasteiger partial charge in [0.15, 0.2) is 0 Å². The van der Waals surface area contributed by atoms with Crippen LogP contribution in [0.4, 0.5) is 4.39 Å². The number of carbonyl (C=O) groups is 1. The third-order valence-corrected chi connectivity index (χ3v) is 4.60. The minimum Gasteiger partial charge on any atom is -0.384 e. The molecule has 0 saturated heterocycles. The Morgan fingerprint density at radius 3 is 3.00 bits per heavy atom. The largest absolute Gasteiger partial charge is 0.384 e. The lowest BCUT2D eigenvalue weighted by molar-refractivity contribution is -0.123. The van der Waals surface area contributed by atoms with Crippen LogP contribution in [-0.4, -0.2) is 29.4 Å². The highest BCUT2D eigenvalue weighted by Gasteiger charge is 2.35. The van der Waals surface area contributed by atoms with Crippen molar-refractivity contribution in [2.24, 2.45) is 5.41 Å². The van der Waals surface area contributed by atoms with Crippen LogP contribution in [0.1, 0.15) is 44.0 Å². The summed E-state index contributed by atoms with van der Waals surface area (Å²) >= 11 is 0. The van der Waals surface area contributed by atoms with Gasteiger partial charge in [-0.25, -0.2) is 9.07 Å². The average Bonchev–Trinajstić information content (AvgIpc) is 2.95. The molecule has 1 aromatic heterocycles. The lowest BCUT2D eigenvalue weighted by Gasteiger charge is -2.36. The number of ether oxygens (including phenoxy) is 1. The Hall–Kier alpha value is -2.21. The van der Waals surface area contributed by atoms with Crippen LogP contribution in [0.15, 0.2) is 30.5 Å². The number of halogens is 1. The molecule has 0 saturated carbocycles. The highest BCUT2D eigenvalue weighted by Crippen LogP contribution is 2.41. The minimum absolute atomic E-state index is 0.0112. The van der Waals surface area contributed by atoms with Gasteiger partial charge in [-0.05, 0) is 36.5 Å². The Balaban J connectivity index is 1.92. The number of methoxy groups -OCH3 is 1. The summed E-state index contributed by atoms with van der Waals surface area (Å²) in [7, 11) is 1.58. The second-order valence-corrected chi connectivity index (χ2v) is 7.35. The highest BCUT2D eigenvalue weighted by molar-refractivity contribution is 5.76. The number of aromatic nitrogens is 2. The molecule has 1 atom stereocenters. The fraction of sp³-hybridized carbons (Fsp3) is 0.474. The molecule has 3 rings (SSSR count). The van der Waals surface area contributed by atoms with E-state index in [1.807, 2.05) is 6.07 Å². The van der Waals surface area contributed by atoms with Crippen molar-refractivity contribution < 1.29 is 13.9 Å². The Bertz CT molecular complexity index is 770.